The van der Waals surface area contributed by atoms with E-state index < -0.39 is 44.8 Å². The number of nitro groups is 1. The molecular weight excluding hydrogens is 463 g/mol. The van der Waals surface area contributed by atoms with Gasteiger partial charge in [0, 0.05) is 6.07 Å². The first-order valence-corrected chi connectivity index (χ1v) is 11.2. The van der Waals surface area contributed by atoms with Crippen molar-refractivity contribution in [3.05, 3.63) is 50.5 Å². The van der Waals surface area contributed by atoms with Crippen LogP contribution in [0.1, 0.15) is 0 Å². The number of primary sulfonamides is 2. The average molecular weight is 473 g/mol. The highest BCUT2D eigenvalue weighted by Gasteiger charge is 2.27. The van der Waals surface area contributed by atoms with Gasteiger partial charge in [0.2, 0.25) is 20.0 Å². The molecule has 0 saturated heterocycles. The lowest BCUT2D eigenvalue weighted by molar-refractivity contribution is -0.387. The molecule has 0 saturated carbocycles. The molecule has 0 unspecified atom stereocenters. The number of halogens is 2. The van der Waals surface area contributed by atoms with E-state index in [4.69, 9.17) is 33.5 Å². The summed E-state index contributed by atoms with van der Waals surface area (Å²) in [5, 5.41) is 20.2. The van der Waals surface area contributed by atoms with Crippen LogP contribution in [-0.2, 0) is 20.0 Å². The zero-order chi connectivity index (χ0) is 20.6. The van der Waals surface area contributed by atoms with E-state index in [1.54, 1.807) is 0 Å². The molecule has 0 radical (unpaired) electrons. The minimum atomic E-state index is -4.46. The van der Waals surface area contributed by atoms with Gasteiger partial charge in [-0.2, -0.15) is 0 Å². The lowest BCUT2D eigenvalue weighted by Gasteiger charge is -2.15. The fraction of sp³-hybridized carbons (Fsp3) is 0. The highest BCUT2D eigenvalue weighted by molar-refractivity contribution is 8.00. The molecule has 2 aromatic carbocycles. The van der Waals surface area contributed by atoms with Crippen LogP contribution in [0.3, 0.4) is 0 Å². The predicted molar refractivity (Wildman–Crippen MR) is 102 cm³/mol. The predicted octanol–water partition coefficient (Wildman–Crippen LogP) is 2.32. The van der Waals surface area contributed by atoms with Crippen molar-refractivity contribution in [2.75, 3.05) is 4.72 Å². The maximum atomic E-state index is 11.9. The van der Waals surface area contributed by atoms with Gasteiger partial charge in [-0.15, -0.1) is 0 Å². The van der Waals surface area contributed by atoms with Gasteiger partial charge in [0.25, 0.3) is 5.69 Å². The summed E-state index contributed by atoms with van der Waals surface area (Å²) in [6.45, 7) is 0. The number of benzene rings is 2. The molecule has 0 aromatic heterocycles. The monoisotopic (exact) mass is 472 g/mol. The Hall–Kier alpha value is -1.61. The van der Waals surface area contributed by atoms with Crippen LogP contribution in [-0.4, -0.2) is 21.8 Å². The van der Waals surface area contributed by atoms with E-state index >= 15 is 0 Å². The van der Waals surface area contributed by atoms with Gasteiger partial charge in [-0.25, -0.2) is 27.1 Å². The lowest BCUT2D eigenvalue weighted by Crippen LogP contribution is -2.18. The van der Waals surface area contributed by atoms with Crippen molar-refractivity contribution in [1.29, 1.82) is 0 Å². The molecule has 0 spiro atoms. The van der Waals surface area contributed by atoms with E-state index in [9.17, 15) is 26.9 Å². The maximum Gasteiger partial charge on any atom is 0.284 e. The SMILES string of the molecule is NS(=O)(=O)c1cc(S(N)(=O)=O)c(NSc2ccccc2[N+](=O)[O-])c(Cl)c1Cl. The number of anilines is 1. The summed E-state index contributed by atoms with van der Waals surface area (Å²) in [7, 11) is -8.86. The van der Waals surface area contributed by atoms with Crippen molar-refractivity contribution in [3.63, 3.8) is 0 Å². The Morgan fingerprint density at radius 1 is 1.00 bits per heavy atom. The molecule has 5 N–H and O–H groups in total. The van der Waals surface area contributed by atoms with Gasteiger partial charge in [0.1, 0.15) is 14.7 Å². The molecule has 0 aliphatic heterocycles. The van der Waals surface area contributed by atoms with Crippen molar-refractivity contribution < 1.29 is 21.8 Å². The Bertz CT molecular complexity index is 1140. The summed E-state index contributed by atoms with van der Waals surface area (Å²) in [6, 6.07) is 6.27. The molecule has 27 heavy (non-hydrogen) atoms. The number of rotatable bonds is 6. The second kappa shape index (κ2) is 7.79. The summed E-state index contributed by atoms with van der Waals surface area (Å²) in [4.78, 5) is 9.11. The summed E-state index contributed by atoms with van der Waals surface area (Å²) >= 11 is 12.5. The van der Waals surface area contributed by atoms with E-state index in [-0.39, 0.29) is 16.3 Å². The first kappa shape index (κ1) is 21.7. The van der Waals surface area contributed by atoms with E-state index in [0.717, 1.165) is 0 Å². The second-order valence-corrected chi connectivity index (χ2v) is 9.56. The van der Waals surface area contributed by atoms with Gasteiger partial charge < -0.3 is 4.72 Å². The zero-order valence-electron chi connectivity index (χ0n) is 12.9. The van der Waals surface area contributed by atoms with Crippen LogP contribution < -0.4 is 15.0 Å². The van der Waals surface area contributed by atoms with Gasteiger partial charge >= 0.3 is 0 Å². The molecule has 15 heteroatoms. The van der Waals surface area contributed by atoms with E-state index in [0.29, 0.717) is 18.0 Å². The fourth-order valence-electron chi connectivity index (χ4n) is 1.91. The van der Waals surface area contributed by atoms with Crippen LogP contribution in [0.4, 0.5) is 11.4 Å². The number of nitrogens with two attached hydrogens (primary N) is 2. The van der Waals surface area contributed by atoms with Crippen molar-refractivity contribution in [2.24, 2.45) is 10.3 Å². The van der Waals surface area contributed by atoms with E-state index in [1.807, 2.05) is 0 Å². The molecular formula is C12H10Cl2N4O6S3. The van der Waals surface area contributed by atoms with Gasteiger partial charge in [0.05, 0.1) is 20.7 Å². The third-order valence-corrected chi connectivity index (χ3v) is 6.80. The molecule has 0 atom stereocenters. The lowest BCUT2D eigenvalue weighted by atomic mass is 10.3. The Morgan fingerprint density at radius 2 is 1.56 bits per heavy atom. The molecule has 0 heterocycles. The first-order valence-electron chi connectivity index (χ1n) is 6.58. The number of nitrogens with one attached hydrogen (secondary N) is 1. The van der Waals surface area contributed by atoms with Crippen LogP contribution in [0.5, 0.6) is 0 Å². The second-order valence-electron chi connectivity index (χ2n) is 4.89. The van der Waals surface area contributed by atoms with Gasteiger partial charge in [-0.3, -0.25) is 10.1 Å². The Balaban J connectivity index is 2.61. The minimum absolute atomic E-state index is 0.130. The molecule has 0 fully saturated rings. The Morgan fingerprint density at radius 3 is 2.07 bits per heavy atom. The smallest absolute Gasteiger partial charge is 0.284 e. The molecule has 146 valence electrons. The summed E-state index contributed by atoms with van der Waals surface area (Å²) in [5.74, 6) is 0. The highest BCUT2D eigenvalue weighted by Crippen LogP contribution is 2.42. The number of nitro benzene ring substituents is 1. The zero-order valence-corrected chi connectivity index (χ0v) is 16.9. The third kappa shape index (κ3) is 4.82. The normalized spacial score (nSPS) is 12.0. The Labute approximate surface area is 168 Å². The van der Waals surface area contributed by atoms with Crippen LogP contribution in [0.15, 0.2) is 45.0 Å². The minimum Gasteiger partial charge on any atom is -0.323 e. The largest absolute Gasteiger partial charge is 0.323 e. The van der Waals surface area contributed by atoms with Crippen molar-refractivity contribution >= 4 is 66.6 Å². The van der Waals surface area contributed by atoms with Crippen molar-refractivity contribution in [1.82, 2.24) is 0 Å². The standard InChI is InChI=1S/C12H10Cl2N4O6S3/c13-10-8(26(15,21)22)5-9(27(16,23)24)12(11(10)14)17-25-7-4-2-1-3-6(7)18(19)20/h1-5,17H,(H2,15,21,22)(H2,16,23,24). The molecule has 10 nitrogen and oxygen atoms in total. The van der Waals surface area contributed by atoms with Gasteiger partial charge in [-0.1, -0.05) is 35.3 Å². The van der Waals surface area contributed by atoms with Gasteiger partial charge in [-0.05, 0) is 24.1 Å². The number of nitrogens with zero attached hydrogens (tertiary/aromatic N) is 1. The fourth-order valence-corrected chi connectivity index (χ4v) is 5.11. The average Bonchev–Trinajstić information content (AvgIpc) is 2.54. The van der Waals surface area contributed by atoms with Crippen LogP contribution in [0, 0.1) is 10.1 Å². The Kier molecular flexibility index (Phi) is 6.26. The number of hydrogen-bond donors (Lipinski definition) is 3. The van der Waals surface area contributed by atoms with Crippen LogP contribution in [0.2, 0.25) is 10.0 Å². The first-order chi connectivity index (χ1) is 12.3. The molecule has 0 aliphatic rings. The molecule has 0 amide bonds. The van der Waals surface area contributed by atoms with Crippen LogP contribution in [0.25, 0.3) is 0 Å². The highest BCUT2D eigenvalue weighted by atomic mass is 35.5. The maximum absolute atomic E-state index is 11.9. The summed E-state index contributed by atoms with van der Waals surface area (Å²) in [5.41, 5.74) is -0.602. The topological polar surface area (TPSA) is 175 Å². The van der Waals surface area contributed by atoms with Gasteiger partial charge in [0.15, 0.2) is 0 Å². The summed E-state index contributed by atoms with van der Waals surface area (Å²) in [6.07, 6.45) is 0. The number of hydrogen-bond acceptors (Lipinski definition) is 8. The molecule has 2 rings (SSSR count). The molecule has 0 aliphatic carbocycles. The van der Waals surface area contributed by atoms with Crippen molar-refractivity contribution in [3.8, 4) is 0 Å². The molecule has 2 aromatic rings. The van der Waals surface area contributed by atoms with Crippen molar-refractivity contribution in [2.45, 2.75) is 14.7 Å². The molecule has 0 bridgehead atoms. The quantitative estimate of drug-likeness (QED) is 0.325. The van der Waals surface area contributed by atoms with Crippen LogP contribution >= 0.6 is 35.1 Å². The summed E-state index contributed by atoms with van der Waals surface area (Å²) < 4.78 is 49.4. The number of sulfonamides is 2. The number of para-hydroxylation sites is 1. The van der Waals surface area contributed by atoms with E-state index in [2.05, 4.69) is 4.72 Å². The third-order valence-electron chi connectivity index (χ3n) is 3.08. The van der Waals surface area contributed by atoms with E-state index in [1.165, 1.54) is 24.3 Å².